The van der Waals surface area contributed by atoms with Gasteiger partial charge >= 0.3 is 5.97 Å². The van der Waals surface area contributed by atoms with E-state index in [1.807, 2.05) is 19.1 Å². The summed E-state index contributed by atoms with van der Waals surface area (Å²) in [7, 11) is 0. The third-order valence-electron chi connectivity index (χ3n) is 2.91. The number of carboxylic acid groups (broad SMARTS) is 1. The third-order valence-corrected chi connectivity index (χ3v) is 2.91. The van der Waals surface area contributed by atoms with E-state index in [4.69, 9.17) is 14.6 Å². The lowest BCUT2D eigenvalue weighted by Gasteiger charge is -2.20. The molecule has 4 heteroatoms. The van der Waals surface area contributed by atoms with Gasteiger partial charge in [0, 0.05) is 0 Å². The Morgan fingerprint density at radius 2 is 2.12 bits per heavy atom. The maximum absolute atomic E-state index is 11.1. The van der Waals surface area contributed by atoms with Gasteiger partial charge in [0.25, 0.3) is 0 Å². The molecule has 0 saturated heterocycles. The first kappa shape index (κ1) is 11.8. The lowest BCUT2D eigenvalue weighted by atomic mass is 9.85. The van der Waals surface area contributed by atoms with Crippen LogP contribution in [0.1, 0.15) is 25.0 Å². The van der Waals surface area contributed by atoms with E-state index in [1.165, 1.54) is 0 Å². The molecule has 92 valence electrons. The van der Waals surface area contributed by atoms with Gasteiger partial charge in [-0.1, -0.05) is 6.07 Å². The summed E-state index contributed by atoms with van der Waals surface area (Å²) in [5.41, 5.74) is 1.13. The van der Waals surface area contributed by atoms with Crippen LogP contribution < -0.4 is 9.47 Å². The molecule has 4 nitrogen and oxygen atoms in total. The Morgan fingerprint density at radius 1 is 1.41 bits per heavy atom. The van der Waals surface area contributed by atoms with E-state index in [0.717, 1.165) is 11.1 Å². The molecule has 0 amide bonds. The van der Waals surface area contributed by atoms with Crippen LogP contribution in [0.5, 0.6) is 11.5 Å². The summed E-state index contributed by atoms with van der Waals surface area (Å²) in [6.07, 6.45) is 0.426. The molecule has 0 fully saturated rings. The molecule has 1 N–H and O–H groups in total. The van der Waals surface area contributed by atoms with Crippen LogP contribution >= 0.6 is 0 Å². The van der Waals surface area contributed by atoms with Crippen molar-refractivity contribution in [2.75, 3.05) is 6.79 Å². The molecule has 0 radical (unpaired) electrons. The van der Waals surface area contributed by atoms with Crippen LogP contribution in [0.3, 0.4) is 0 Å². The fourth-order valence-corrected chi connectivity index (χ4v) is 1.92. The van der Waals surface area contributed by atoms with E-state index >= 15 is 0 Å². The molecule has 0 aliphatic carbocycles. The van der Waals surface area contributed by atoms with Crippen LogP contribution in [0.4, 0.5) is 0 Å². The minimum absolute atomic E-state index is 0.208. The first-order valence-corrected chi connectivity index (χ1v) is 5.53. The number of benzene rings is 1. The maximum atomic E-state index is 11.1. The van der Waals surface area contributed by atoms with Gasteiger partial charge < -0.3 is 14.6 Å². The van der Waals surface area contributed by atoms with E-state index in [-0.39, 0.29) is 6.79 Å². The molecule has 1 aliphatic heterocycles. The first-order valence-electron chi connectivity index (χ1n) is 5.53. The molecule has 0 saturated carbocycles. The molecule has 0 aromatic heterocycles. The molecule has 0 spiro atoms. The van der Waals surface area contributed by atoms with Crippen molar-refractivity contribution in [3.05, 3.63) is 23.3 Å². The molecule has 2 rings (SSSR count). The highest BCUT2D eigenvalue weighted by Crippen LogP contribution is 2.39. The van der Waals surface area contributed by atoms with Crippen LogP contribution in [-0.4, -0.2) is 17.9 Å². The zero-order valence-electron chi connectivity index (χ0n) is 10.2. The van der Waals surface area contributed by atoms with Crippen LogP contribution in [0.25, 0.3) is 0 Å². The number of carboxylic acids is 1. The second-order valence-corrected chi connectivity index (χ2v) is 5.02. The lowest BCUT2D eigenvalue weighted by Crippen LogP contribution is -2.26. The third kappa shape index (κ3) is 2.20. The minimum Gasteiger partial charge on any atom is -0.481 e. The summed E-state index contributed by atoms with van der Waals surface area (Å²) in [6.45, 7) is 5.58. The number of hydrogen-bond donors (Lipinski definition) is 1. The van der Waals surface area contributed by atoms with E-state index in [2.05, 4.69) is 0 Å². The zero-order valence-corrected chi connectivity index (χ0v) is 10.2. The van der Waals surface area contributed by atoms with Crippen molar-refractivity contribution < 1.29 is 19.4 Å². The van der Waals surface area contributed by atoms with Crippen molar-refractivity contribution >= 4 is 5.97 Å². The maximum Gasteiger partial charge on any atom is 0.309 e. The van der Waals surface area contributed by atoms with Crippen molar-refractivity contribution in [3.63, 3.8) is 0 Å². The minimum atomic E-state index is -0.813. The molecular weight excluding hydrogens is 220 g/mol. The smallest absolute Gasteiger partial charge is 0.309 e. The van der Waals surface area contributed by atoms with Gasteiger partial charge in [-0.3, -0.25) is 4.79 Å². The summed E-state index contributed by atoms with van der Waals surface area (Å²) in [4.78, 5) is 11.1. The van der Waals surface area contributed by atoms with E-state index < -0.39 is 11.4 Å². The lowest BCUT2D eigenvalue weighted by molar-refractivity contribution is -0.146. The summed E-state index contributed by atoms with van der Waals surface area (Å²) >= 11 is 0. The Bertz CT molecular complexity index is 463. The second-order valence-electron chi connectivity index (χ2n) is 5.02. The van der Waals surface area contributed by atoms with Crippen LogP contribution in [0, 0.1) is 12.3 Å². The molecular formula is C13H16O4. The normalized spacial score (nSPS) is 13.8. The van der Waals surface area contributed by atoms with E-state index in [9.17, 15) is 4.79 Å². The first-order chi connectivity index (χ1) is 7.90. The number of carbonyl (C=O) groups is 1. The van der Waals surface area contributed by atoms with Gasteiger partial charge in [-0.15, -0.1) is 0 Å². The zero-order chi connectivity index (χ0) is 12.6. The Morgan fingerprint density at radius 3 is 2.76 bits per heavy atom. The Balaban J connectivity index is 2.37. The van der Waals surface area contributed by atoms with E-state index in [0.29, 0.717) is 17.9 Å². The van der Waals surface area contributed by atoms with Crippen LogP contribution in [0.15, 0.2) is 12.1 Å². The van der Waals surface area contributed by atoms with Gasteiger partial charge in [-0.2, -0.15) is 0 Å². The highest BCUT2D eigenvalue weighted by molar-refractivity contribution is 5.74. The predicted molar refractivity (Wildman–Crippen MR) is 62.4 cm³/mol. The van der Waals surface area contributed by atoms with Gasteiger partial charge in [0.2, 0.25) is 6.79 Å². The highest BCUT2D eigenvalue weighted by Gasteiger charge is 2.30. The molecule has 1 aromatic carbocycles. The van der Waals surface area contributed by atoms with Gasteiger partial charge in [0.05, 0.1) is 5.41 Å². The topological polar surface area (TPSA) is 55.8 Å². The quantitative estimate of drug-likeness (QED) is 0.875. The second kappa shape index (κ2) is 3.95. The number of rotatable bonds is 3. The predicted octanol–water partition coefficient (Wildman–Crippen LogP) is 2.38. The highest BCUT2D eigenvalue weighted by atomic mass is 16.7. The fourth-order valence-electron chi connectivity index (χ4n) is 1.92. The Kier molecular flexibility index (Phi) is 2.73. The molecule has 0 unspecified atom stereocenters. The Labute approximate surface area is 100 Å². The average Bonchev–Trinajstić information content (AvgIpc) is 2.64. The Hall–Kier alpha value is -1.71. The van der Waals surface area contributed by atoms with Gasteiger partial charge in [0.15, 0.2) is 11.5 Å². The van der Waals surface area contributed by atoms with Crippen molar-refractivity contribution in [1.82, 2.24) is 0 Å². The number of hydrogen-bond acceptors (Lipinski definition) is 3. The van der Waals surface area contributed by atoms with Crippen molar-refractivity contribution in [2.45, 2.75) is 27.2 Å². The molecule has 0 bridgehead atoms. The van der Waals surface area contributed by atoms with Gasteiger partial charge in [0.1, 0.15) is 0 Å². The summed E-state index contributed by atoms with van der Waals surface area (Å²) < 4.78 is 10.7. The molecule has 1 aromatic rings. The van der Waals surface area contributed by atoms with Gasteiger partial charge in [-0.25, -0.2) is 0 Å². The van der Waals surface area contributed by atoms with Crippen molar-refractivity contribution in [1.29, 1.82) is 0 Å². The number of aryl methyl sites for hydroxylation is 1. The largest absolute Gasteiger partial charge is 0.481 e. The van der Waals surface area contributed by atoms with Crippen molar-refractivity contribution in [2.24, 2.45) is 5.41 Å². The van der Waals surface area contributed by atoms with Crippen molar-refractivity contribution in [3.8, 4) is 11.5 Å². The summed E-state index contributed by atoms with van der Waals surface area (Å²) in [5.74, 6) is 0.581. The SMILES string of the molecule is Cc1cc(CC(C)(C)C(=O)O)c2c(c1)OCO2. The fraction of sp³-hybridized carbons (Fsp3) is 0.462. The molecule has 0 atom stereocenters. The van der Waals surface area contributed by atoms with E-state index in [1.54, 1.807) is 13.8 Å². The number of aliphatic carboxylic acids is 1. The number of ether oxygens (including phenoxy) is 2. The molecule has 1 heterocycles. The summed E-state index contributed by atoms with van der Waals surface area (Å²) in [6, 6.07) is 3.86. The molecule has 1 aliphatic rings. The monoisotopic (exact) mass is 236 g/mol. The standard InChI is InChI=1S/C13H16O4/c1-8-4-9(6-13(2,3)12(14)15)11-10(5-8)16-7-17-11/h4-5H,6-7H2,1-3H3,(H,14,15). The molecule has 17 heavy (non-hydrogen) atoms. The van der Waals surface area contributed by atoms with Crippen LogP contribution in [-0.2, 0) is 11.2 Å². The van der Waals surface area contributed by atoms with Crippen LogP contribution in [0.2, 0.25) is 0 Å². The number of fused-ring (bicyclic) bond motifs is 1. The average molecular weight is 236 g/mol. The van der Waals surface area contributed by atoms with Gasteiger partial charge in [-0.05, 0) is 44.4 Å². The summed E-state index contributed by atoms with van der Waals surface area (Å²) in [5, 5.41) is 9.15.